The minimum atomic E-state index is -4.09. The second-order valence-electron chi connectivity index (χ2n) is 2.95. The Hall–Kier alpha value is -0.830. The Morgan fingerprint density at radius 2 is 2.00 bits per heavy atom. The van der Waals surface area contributed by atoms with Crippen LogP contribution in [-0.4, -0.2) is 14.9 Å². The first-order valence-corrected chi connectivity index (χ1v) is 5.51. The molecule has 0 radical (unpaired) electrons. The number of phenols is 1. The molecule has 4 nitrogen and oxygen atoms in total. The van der Waals surface area contributed by atoms with Crippen molar-refractivity contribution < 1.29 is 19.5 Å². The van der Waals surface area contributed by atoms with Gasteiger partial charge in [0.25, 0.3) is 0 Å². The maximum absolute atomic E-state index is 10.6. The summed E-state index contributed by atoms with van der Waals surface area (Å²) in [5, 5.41) is 9.31. The van der Waals surface area contributed by atoms with Gasteiger partial charge in [-0.15, -0.1) is 0 Å². The van der Waals surface area contributed by atoms with Crippen LogP contribution in [0.15, 0.2) is 18.2 Å². The Morgan fingerprint density at radius 3 is 2.46 bits per heavy atom. The smallest absolute Gasteiger partial charge is 0.330 e. The molecule has 1 aromatic carbocycles. The first kappa shape index (κ1) is 10.3. The van der Waals surface area contributed by atoms with Gasteiger partial charge in [0, 0.05) is 5.56 Å². The number of benzene rings is 1. The van der Waals surface area contributed by atoms with Gasteiger partial charge in [0.15, 0.2) is 0 Å². The van der Waals surface area contributed by atoms with Crippen molar-refractivity contribution in [2.75, 3.05) is 0 Å². The van der Waals surface area contributed by atoms with Crippen molar-refractivity contribution in [2.45, 2.75) is 13.1 Å². The lowest BCUT2D eigenvalue weighted by Gasteiger charge is -2.06. The first-order chi connectivity index (χ1) is 5.88. The van der Waals surface area contributed by atoms with Gasteiger partial charge in [0.1, 0.15) is 5.75 Å². The maximum Gasteiger partial charge on any atom is 0.330 e. The molecule has 0 saturated heterocycles. The average Bonchev–Trinajstić information content (AvgIpc) is 1.93. The molecule has 0 aliphatic carbocycles. The van der Waals surface area contributed by atoms with Gasteiger partial charge in [-0.1, -0.05) is 12.1 Å². The van der Waals surface area contributed by atoms with Crippen molar-refractivity contribution >= 4 is 7.60 Å². The van der Waals surface area contributed by atoms with Crippen molar-refractivity contribution in [1.82, 2.24) is 0 Å². The molecule has 0 bridgehead atoms. The van der Waals surface area contributed by atoms with E-state index in [9.17, 15) is 9.67 Å². The van der Waals surface area contributed by atoms with Crippen LogP contribution in [0.1, 0.15) is 11.1 Å². The number of aryl methyl sites for hydroxylation is 1. The summed E-state index contributed by atoms with van der Waals surface area (Å²) in [6.07, 6.45) is -0.418. The second kappa shape index (κ2) is 3.50. The summed E-state index contributed by atoms with van der Waals surface area (Å²) in [6.45, 7) is 1.79. The highest BCUT2D eigenvalue weighted by molar-refractivity contribution is 7.50. The van der Waals surface area contributed by atoms with Gasteiger partial charge in [0.2, 0.25) is 0 Å². The summed E-state index contributed by atoms with van der Waals surface area (Å²) in [4.78, 5) is 17.3. The Bertz CT molecular complexity index is 355. The second-order valence-corrected chi connectivity index (χ2v) is 4.60. The molecule has 5 heteroatoms. The van der Waals surface area contributed by atoms with Gasteiger partial charge in [-0.25, -0.2) is 0 Å². The molecule has 13 heavy (non-hydrogen) atoms. The zero-order valence-corrected chi connectivity index (χ0v) is 8.03. The quantitative estimate of drug-likeness (QED) is 0.633. The lowest BCUT2D eigenvalue weighted by Crippen LogP contribution is -1.88. The third-order valence-corrected chi connectivity index (χ3v) is 2.37. The van der Waals surface area contributed by atoms with Crippen molar-refractivity contribution in [2.24, 2.45) is 0 Å². The summed E-state index contributed by atoms with van der Waals surface area (Å²) in [5.74, 6) is -0.0664. The number of hydrogen-bond donors (Lipinski definition) is 3. The lowest BCUT2D eigenvalue weighted by atomic mass is 10.1. The number of aromatic hydroxyl groups is 1. The van der Waals surface area contributed by atoms with E-state index >= 15 is 0 Å². The van der Waals surface area contributed by atoms with Crippen LogP contribution in [0.5, 0.6) is 5.75 Å². The highest BCUT2D eigenvalue weighted by Gasteiger charge is 2.16. The summed E-state index contributed by atoms with van der Waals surface area (Å²) in [5.41, 5.74) is 1.13. The van der Waals surface area contributed by atoms with Crippen molar-refractivity contribution in [1.29, 1.82) is 0 Å². The normalized spacial score (nSPS) is 11.6. The van der Waals surface area contributed by atoms with Gasteiger partial charge in [0.05, 0.1) is 6.16 Å². The summed E-state index contributed by atoms with van der Waals surface area (Å²) < 4.78 is 10.6. The molecule has 0 heterocycles. The molecule has 0 aliphatic rings. The molecule has 1 aromatic rings. The predicted octanol–water partition coefficient (Wildman–Crippen LogP) is 1.38. The van der Waals surface area contributed by atoms with Crippen LogP contribution in [0.25, 0.3) is 0 Å². The average molecular weight is 202 g/mol. The Morgan fingerprint density at radius 1 is 1.38 bits per heavy atom. The fourth-order valence-electron chi connectivity index (χ4n) is 1.03. The van der Waals surface area contributed by atoms with Crippen LogP contribution in [0.4, 0.5) is 0 Å². The van der Waals surface area contributed by atoms with Crippen LogP contribution in [0.2, 0.25) is 0 Å². The van der Waals surface area contributed by atoms with E-state index in [2.05, 4.69) is 0 Å². The molecule has 0 unspecified atom stereocenters. The molecular formula is C8H11O4P. The molecule has 0 atom stereocenters. The molecule has 1 rings (SSSR count). The number of phenolic OH excluding ortho intramolecular Hbond substituents is 1. The fraction of sp³-hybridized carbons (Fsp3) is 0.250. The van der Waals surface area contributed by atoms with Gasteiger partial charge in [-0.3, -0.25) is 4.57 Å². The Labute approximate surface area is 76.0 Å². The minimum absolute atomic E-state index is 0.0664. The SMILES string of the molecule is Cc1ccc(CP(=O)(O)O)c(O)c1. The molecule has 0 amide bonds. The monoisotopic (exact) mass is 202 g/mol. The molecule has 0 aromatic heterocycles. The van der Waals surface area contributed by atoms with E-state index in [1.807, 2.05) is 0 Å². The largest absolute Gasteiger partial charge is 0.508 e. The number of hydrogen-bond acceptors (Lipinski definition) is 2. The topological polar surface area (TPSA) is 77.8 Å². The number of rotatable bonds is 2. The molecule has 72 valence electrons. The van der Waals surface area contributed by atoms with Crippen LogP contribution >= 0.6 is 7.60 Å². The summed E-state index contributed by atoms with van der Waals surface area (Å²) in [7, 11) is -4.09. The fourth-order valence-corrected chi connectivity index (χ4v) is 1.74. The lowest BCUT2D eigenvalue weighted by molar-refractivity contribution is 0.370. The molecule has 0 spiro atoms. The molecular weight excluding hydrogens is 191 g/mol. The van der Waals surface area contributed by atoms with E-state index in [0.717, 1.165) is 5.56 Å². The molecule has 3 N–H and O–H groups in total. The maximum atomic E-state index is 10.6. The van der Waals surface area contributed by atoms with E-state index < -0.39 is 13.8 Å². The van der Waals surface area contributed by atoms with Gasteiger partial charge in [-0.2, -0.15) is 0 Å². The molecule has 0 saturated carbocycles. The van der Waals surface area contributed by atoms with Crippen LogP contribution in [0.3, 0.4) is 0 Å². The van der Waals surface area contributed by atoms with Crippen LogP contribution in [0, 0.1) is 6.92 Å². The van der Waals surface area contributed by atoms with E-state index in [1.165, 1.54) is 12.1 Å². The van der Waals surface area contributed by atoms with E-state index in [4.69, 9.17) is 9.79 Å². The highest BCUT2D eigenvalue weighted by atomic mass is 31.2. The van der Waals surface area contributed by atoms with Gasteiger partial charge >= 0.3 is 7.60 Å². The van der Waals surface area contributed by atoms with Crippen LogP contribution in [-0.2, 0) is 10.7 Å². The zero-order valence-electron chi connectivity index (χ0n) is 7.14. The molecule has 0 fully saturated rings. The van der Waals surface area contributed by atoms with Crippen LogP contribution < -0.4 is 0 Å². The van der Waals surface area contributed by atoms with Gasteiger partial charge in [-0.05, 0) is 18.6 Å². The minimum Gasteiger partial charge on any atom is -0.508 e. The third-order valence-electron chi connectivity index (χ3n) is 1.62. The van der Waals surface area contributed by atoms with Crippen molar-refractivity contribution in [3.63, 3.8) is 0 Å². The summed E-state index contributed by atoms with van der Waals surface area (Å²) in [6, 6.07) is 4.69. The first-order valence-electron chi connectivity index (χ1n) is 3.71. The molecule has 0 aliphatic heterocycles. The highest BCUT2D eigenvalue weighted by Crippen LogP contribution is 2.41. The van der Waals surface area contributed by atoms with E-state index in [0.29, 0.717) is 0 Å². The zero-order chi connectivity index (χ0) is 10.1. The van der Waals surface area contributed by atoms with E-state index in [-0.39, 0.29) is 11.3 Å². The predicted molar refractivity (Wildman–Crippen MR) is 48.6 cm³/mol. The van der Waals surface area contributed by atoms with E-state index in [1.54, 1.807) is 13.0 Å². The van der Waals surface area contributed by atoms with Crippen molar-refractivity contribution in [3.8, 4) is 5.75 Å². The Balaban J connectivity index is 2.97. The standard InChI is InChI=1S/C8H11O4P/c1-6-2-3-7(8(9)4-6)5-13(10,11)12/h2-4,9H,5H2,1H3,(H2,10,11,12). The summed E-state index contributed by atoms with van der Waals surface area (Å²) >= 11 is 0. The Kier molecular flexibility index (Phi) is 2.76. The third kappa shape index (κ3) is 3.19. The van der Waals surface area contributed by atoms with Gasteiger partial charge < -0.3 is 14.9 Å². The van der Waals surface area contributed by atoms with Crippen molar-refractivity contribution in [3.05, 3.63) is 29.3 Å².